The summed E-state index contributed by atoms with van der Waals surface area (Å²) < 4.78 is 6.64. The predicted octanol–water partition coefficient (Wildman–Crippen LogP) is 14.7. The molecular formula is C56H43NO. The lowest BCUT2D eigenvalue weighted by Gasteiger charge is -2.31. The standard InChI is InChI=1S/C56H43NO/c1-56(2)50-26-14-12-24-46(50)47-29-28-42(35-51(47)56)57(36-40-20-7-6-18-38(40)32-37-16-4-3-5-17-37)52-30-31-54-55(48-25-13-15-27-53(48)58-54)49(52)34-41-33-39-19-8-9-21-43(39)45-23-11-10-22-44(41)45/h3-31,33,35H,32,34,36H2,1-2H3. The van der Waals surface area contributed by atoms with E-state index in [4.69, 9.17) is 4.42 Å². The van der Waals surface area contributed by atoms with Gasteiger partial charge in [-0.25, -0.2) is 0 Å². The fraction of sp³-hybridized carbons (Fsp3) is 0.107. The lowest BCUT2D eigenvalue weighted by molar-refractivity contribution is 0.660. The molecule has 0 unspecified atom stereocenters. The Hall–Kier alpha value is -6.90. The van der Waals surface area contributed by atoms with Crippen LogP contribution in [0.2, 0.25) is 0 Å². The first kappa shape index (κ1) is 34.4. The monoisotopic (exact) mass is 745 g/mol. The second-order valence-electron chi connectivity index (χ2n) is 16.4. The topological polar surface area (TPSA) is 16.4 Å². The molecule has 0 saturated heterocycles. The molecule has 1 aromatic heterocycles. The lowest BCUT2D eigenvalue weighted by Crippen LogP contribution is -2.21. The van der Waals surface area contributed by atoms with Gasteiger partial charge in [0.05, 0.1) is 0 Å². The fourth-order valence-corrected chi connectivity index (χ4v) is 9.82. The molecule has 0 spiro atoms. The lowest BCUT2D eigenvalue weighted by atomic mass is 9.82. The zero-order valence-electron chi connectivity index (χ0n) is 32.9. The van der Waals surface area contributed by atoms with Gasteiger partial charge in [-0.3, -0.25) is 0 Å². The maximum atomic E-state index is 6.64. The van der Waals surface area contributed by atoms with Crippen LogP contribution in [0.25, 0.3) is 54.6 Å². The average Bonchev–Trinajstić information content (AvgIpc) is 3.76. The molecule has 0 aliphatic heterocycles. The van der Waals surface area contributed by atoms with Crippen LogP contribution in [-0.2, 0) is 24.8 Å². The summed E-state index contributed by atoms with van der Waals surface area (Å²) in [4.78, 5) is 2.59. The Morgan fingerprint density at radius 3 is 2.00 bits per heavy atom. The van der Waals surface area contributed by atoms with Crippen LogP contribution < -0.4 is 4.90 Å². The third-order valence-electron chi connectivity index (χ3n) is 12.7. The summed E-state index contributed by atoms with van der Waals surface area (Å²) in [6.45, 7) is 5.46. The average molecular weight is 746 g/mol. The van der Waals surface area contributed by atoms with Gasteiger partial charge in [-0.2, -0.15) is 0 Å². The number of nitrogens with zero attached hydrogens (tertiary/aromatic N) is 1. The summed E-state index contributed by atoms with van der Waals surface area (Å²) >= 11 is 0. The highest BCUT2D eigenvalue weighted by Gasteiger charge is 2.36. The predicted molar refractivity (Wildman–Crippen MR) is 244 cm³/mol. The van der Waals surface area contributed by atoms with Crippen LogP contribution in [0, 0.1) is 0 Å². The molecule has 9 aromatic carbocycles. The van der Waals surface area contributed by atoms with Crippen molar-refractivity contribution in [1.29, 1.82) is 0 Å². The molecule has 0 atom stereocenters. The van der Waals surface area contributed by atoms with E-state index in [1.807, 2.05) is 0 Å². The highest BCUT2D eigenvalue weighted by Crippen LogP contribution is 2.51. The molecule has 11 rings (SSSR count). The highest BCUT2D eigenvalue weighted by atomic mass is 16.3. The number of benzene rings is 9. The molecule has 1 heterocycles. The van der Waals surface area contributed by atoms with Crippen molar-refractivity contribution < 1.29 is 4.42 Å². The fourth-order valence-electron chi connectivity index (χ4n) is 9.82. The molecule has 0 amide bonds. The van der Waals surface area contributed by atoms with Gasteiger partial charge in [0, 0.05) is 40.5 Å². The van der Waals surface area contributed by atoms with Crippen LogP contribution in [0.5, 0.6) is 0 Å². The van der Waals surface area contributed by atoms with E-state index >= 15 is 0 Å². The SMILES string of the molecule is CC1(C)c2ccccc2-c2ccc(N(Cc3ccccc3Cc3ccccc3)c3ccc4oc5ccccc5c4c3Cc3cc4ccccc4c4ccccc34)cc21. The highest BCUT2D eigenvalue weighted by molar-refractivity contribution is 6.11. The summed E-state index contributed by atoms with van der Waals surface area (Å²) in [6.07, 6.45) is 1.62. The van der Waals surface area contributed by atoms with Crippen LogP contribution in [0.3, 0.4) is 0 Å². The van der Waals surface area contributed by atoms with E-state index in [1.54, 1.807) is 0 Å². The summed E-state index contributed by atoms with van der Waals surface area (Å²) in [5.74, 6) is 0. The zero-order valence-corrected chi connectivity index (χ0v) is 32.9. The Morgan fingerprint density at radius 1 is 0.466 bits per heavy atom. The van der Waals surface area contributed by atoms with E-state index in [-0.39, 0.29) is 5.41 Å². The zero-order chi connectivity index (χ0) is 38.8. The Labute approximate surface area is 339 Å². The summed E-state index contributed by atoms with van der Waals surface area (Å²) in [6, 6.07) is 69.1. The minimum Gasteiger partial charge on any atom is -0.456 e. The second-order valence-corrected chi connectivity index (χ2v) is 16.4. The number of fused-ring (bicyclic) bond motifs is 9. The van der Waals surface area contributed by atoms with E-state index < -0.39 is 0 Å². The summed E-state index contributed by atoms with van der Waals surface area (Å²) in [5, 5.41) is 7.44. The summed E-state index contributed by atoms with van der Waals surface area (Å²) in [5.41, 5.74) is 16.0. The molecule has 10 aromatic rings. The third kappa shape index (κ3) is 5.63. The normalized spacial score (nSPS) is 13.0. The number of para-hydroxylation sites is 1. The number of hydrogen-bond acceptors (Lipinski definition) is 2. The van der Waals surface area contributed by atoms with E-state index in [0.29, 0.717) is 6.54 Å². The van der Waals surface area contributed by atoms with Gasteiger partial charge in [-0.1, -0.05) is 172 Å². The maximum Gasteiger partial charge on any atom is 0.135 e. The number of rotatable bonds is 8. The van der Waals surface area contributed by atoms with Crippen molar-refractivity contribution in [2.24, 2.45) is 0 Å². The van der Waals surface area contributed by atoms with Crippen molar-refractivity contribution in [2.75, 3.05) is 4.90 Å². The van der Waals surface area contributed by atoms with E-state index in [2.05, 4.69) is 207 Å². The molecule has 1 aliphatic carbocycles. The van der Waals surface area contributed by atoms with Gasteiger partial charge >= 0.3 is 0 Å². The van der Waals surface area contributed by atoms with Crippen molar-refractivity contribution in [3.8, 4) is 11.1 Å². The molecule has 0 fully saturated rings. The van der Waals surface area contributed by atoms with E-state index in [9.17, 15) is 0 Å². The van der Waals surface area contributed by atoms with E-state index in [1.165, 1.54) is 88.4 Å². The Morgan fingerprint density at radius 2 is 1.14 bits per heavy atom. The van der Waals surface area contributed by atoms with Gasteiger partial charge in [-0.15, -0.1) is 0 Å². The summed E-state index contributed by atoms with van der Waals surface area (Å²) in [7, 11) is 0. The van der Waals surface area contributed by atoms with Gasteiger partial charge < -0.3 is 9.32 Å². The van der Waals surface area contributed by atoms with Crippen molar-refractivity contribution in [2.45, 2.75) is 38.6 Å². The molecule has 0 saturated carbocycles. The minimum atomic E-state index is -0.129. The smallest absolute Gasteiger partial charge is 0.135 e. The van der Waals surface area contributed by atoms with Gasteiger partial charge in [-0.05, 0) is 108 Å². The molecular weight excluding hydrogens is 703 g/mol. The molecule has 2 heteroatoms. The Kier molecular flexibility index (Phi) is 8.08. The Bertz CT molecular complexity index is 3190. The van der Waals surface area contributed by atoms with Crippen LogP contribution in [0.15, 0.2) is 192 Å². The maximum absolute atomic E-state index is 6.64. The third-order valence-corrected chi connectivity index (χ3v) is 12.7. The van der Waals surface area contributed by atoms with Gasteiger partial charge in [0.25, 0.3) is 0 Å². The Balaban J connectivity index is 1.16. The van der Waals surface area contributed by atoms with Crippen molar-refractivity contribution in [3.63, 3.8) is 0 Å². The van der Waals surface area contributed by atoms with Crippen LogP contribution in [0.4, 0.5) is 11.4 Å². The number of anilines is 2. The first-order valence-corrected chi connectivity index (χ1v) is 20.5. The van der Waals surface area contributed by atoms with Gasteiger partial charge in [0.2, 0.25) is 0 Å². The molecule has 1 aliphatic rings. The molecule has 278 valence electrons. The molecule has 58 heavy (non-hydrogen) atoms. The van der Waals surface area contributed by atoms with E-state index in [0.717, 1.165) is 29.4 Å². The van der Waals surface area contributed by atoms with Crippen LogP contribution >= 0.6 is 0 Å². The van der Waals surface area contributed by atoms with Gasteiger partial charge in [0.1, 0.15) is 11.2 Å². The molecule has 2 nitrogen and oxygen atoms in total. The number of hydrogen-bond donors (Lipinski definition) is 0. The number of furan rings is 1. The van der Waals surface area contributed by atoms with Crippen molar-refractivity contribution in [1.82, 2.24) is 0 Å². The first-order valence-electron chi connectivity index (χ1n) is 20.5. The van der Waals surface area contributed by atoms with Crippen LogP contribution in [0.1, 0.15) is 52.8 Å². The van der Waals surface area contributed by atoms with Crippen molar-refractivity contribution in [3.05, 3.63) is 227 Å². The van der Waals surface area contributed by atoms with Crippen molar-refractivity contribution >= 4 is 54.9 Å². The largest absolute Gasteiger partial charge is 0.456 e. The quantitative estimate of drug-likeness (QED) is 0.144. The first-order chi connectivity index (χ1) is 28.5. The molecule has 0 N–H and O–H groups in total. The minimum absolute atomic E-state index is 0.129. The van der Waals surface area contributed by atoms with Crippen LogP contribution in [-0.4, -0.2) is 0 Å². The molecule has 0 radical (unpaired) electrons. The molecule has 0 bridgehead atoms. The van der Waals surface area contributed by atoms with Gasteiger partial charge in [0.15, 0.2) is 0 Å². The second kappa shape index (κ2) is 13.6.